The third-order valence-corrected chi connectivity index (χ3v) is 1.78. The molecule has 0 aliphatic rings. The van der Waals surface area contributed by atoms with Crippen molar-refractivity contribution < 1.29 is 13.5 Å². The molecule has 1 aromatic carbocycles. The van der Waals surface area contributed by atoms with E-state index in [2.05, 4.69) is 0 Å². The average Bonchev–Trinajstić information content (AvgIpc) is 2.04. The predicted molar refractivity (Wildman–Crippen MR) is 42.7 cm³/mol. The van der Waals surface area contributed by atoms with Crippen LogP contribution in [-0.4, -0.2) is 7.11 Å². The first-order valence-electron chi connectivity index (χ1n) is 3.58. The SMILES string of the molecule is COc1cccc(C(F)F)c1C. The number of hydrogen-bond donors (Lipinski definition) is 0. The number of rotatable bonds is 2. The molecular formula is C9H10F2O. The highest BCUT2D eigenvalue weighted by atomic mass is 19.3. The Kier molecular flexibility index (Phi) is 2.63. The van der Waals surface area contributed by atoms with Crippen molar-refractivity contribution in [1.82, 2.24) is 0 Å². The number of ether oxygens (including phenoxy) is 1. The van der Waals surface area contributed by atoms with Gasteiger partial charge in [-0.05, 0) is 18.6 Å². The maximum Gasteiger partial charge on any atom is 0.264 e. The molecule has 3 heteroatoms. The zero-order chi connectivity index (χ0) is 9.14. The van der Waals surface area contributed by atoms with E-state index in [1.807, 2.05) is 0 Å². The van der Waals surface area contributed by atoms with Crippen LogP contribution in [0.4, 0.5) is 8.78 Å². The van der Waals surface area contributed by atoms with Crippen LogP contribution in [0.2, 0.25) is 0 Å². The van der Waals surface area contributed by atoms with Gasteiger partial charge in [-0.15, -0.1) is 0 Å². The Morgan fingerprint density at radius 1 is 1.33 bits per heavy atom. The average molecular weight is 172 g/mol. The number of methoxy groups -OCH3 is 1. The second-order valence-corrected chi connectivity index (χ2v) is 2.48. The molecule has 0 atom stereocenters. The molecule has 0 bridgehead atoms. The third-order valence-electron chi connectivity index (χ3n) is 1.78. The fraction of sp³-hybridized carbons (Fsp3) is 0.333. The monoisotopic (exact) mass is 172 g/mol. The topological polar surface area (TPSA) is 9.23 Å². The first-order chi connectivity index (χ1) is 5.66. The Morgan fingerprint density at radius 3 is 2.50 bits per heavy atom. The minimum atomic E-state index is -2.43. The van der Waals surface area contributed by atoms with Crippen molar-refractivity contribution in [2.45, 2.75) is 13.3 Å². The van der Waals surface area contributed by atoms with Crippen LogP contribution in [-0.2, 0) is 0 Å². The molecule has 0 radical (unpaired) electrons. The van der Waals surface area contributed by atoms with Crippen molar-refractivity contribution in [3.63, 3.8) is 0 Å². The van der Waals surface area contributed by atoms with Crippen molar-refractivity contribution in [2.24, 2.45) is 0 Å². The van der Waals surface area contributed by atoms with Crippen LogP contribution in [0.5, 0.6) is 5.75 Å². The summed E-state index contributed by atoms with van der Waals surface area (Å²) in [7, 11) is 1.47. The lowest BCUT2D eigenvalue weighted by Gasteiger charge is -2.08. The molecule has 1 nitrogen and oxygen atoms in total. The summed E-state index contributed by atoms with van der Waals surface area (Å²) in [5, 5.41) is 0. The van der Waals surface area contributed by atoms with Gasteiger partial charge in [0.05, 0.1) is 7.11 Å². The van der Waals surface area contributed by atoms with E-state index in [0.717, 1.165) is 0 Å². The fourth-order valence-corrected chi connectivity index (χ4v) is 1.09. The number of alkyl halides is 2. The fourth-order valence-electron chi connectivity index (χ4n) is 1.09. The first-order valence-corrected chi connectivity index (χ1v) is 3.58. The van der Waals surface area contributed by atoms with Gasteiger partial charge >= 0.3 is 0 Å². The third kappa shape index (κ3) is 1.55. The Morgan fingerprint density at radius 2 is 2.00 bits per heavy atom. The van der Waals surface area contributed by atoms with Gasteiger partial charge in [0.25, 0.3) is 6.43 Å². The van der Waals surface area contributed by atoms with Crippen LogP contribution in [0.25, 0.3) is 0 Å². The summed E-state index contributed by atoms with van der Waals surface area (Å²) in [6, 6.07) is 4.64. The standard InChI is InChI=1S/C9H10F2O/c1-6-7(9(10)11)4-3-5-8(6)12-2/h3-5,9H,1-2H3. The van der Waals surface area contributed by atoms with Crippen LogP contribution in [0.15, 0.2) is 18.2 Å². The van der Waals surface area contributed by atoms with Crippen molar-refractivity contribution in [1.29, 1.82) is 0 Å². The van der Waals surface area contributed by atoms with Gasteiger partial charge in [-0.1, -0.05) is 12.1 Å². The maximum atomic E-state index is 12.3. The van der Waals surface area contributed by atoms with E-state index in [9.17, 15) is 8.78 Å². The first kappa shape index (κ1) is 8.97. The molecule has 0 aliphatic carbocycles. The summed E-state index contributed by atoms with van der Waals surface area (Å²) in [5.41, 5.74) is 0.546. The maximum absolute atomic E-state index is 12.3. The van der Waals surface area contributed by atoms with E-state index in [1.165, 1.54) is 13.2 Å². The van der Waals surface area contributed by atoms with E-state index in [0.29, 0.717) is 11.3 Å². The summed E-state index contributed by atoms with van der Waals surface area (Å²) in [4.78, 5) is 0. The summed E-state index contributed by atoms with van der Waals surface area (Å²) in [6.07, 6.45) is -2.43. The molecule has 0 heterocycles. The van der Waals surface area contributed by atoms with E-state index < -0.39 is 6.43 Å². The predicted octanol–water partition coefficient (Wildman–Crippen LogP) is 2.94. The summed E-state index contributed by atoms with van der Waals surface area (Å²) in [6.45, 7) is 1.63. The van der Waals surface area contributed by atoms with Gasteiger partial charge in [0.1, 0.15) is 5.75 Å². The van der Waals surface area contributed by atoms with Gasteiger partial charge in [0.2, 0.25) is 0 Å². The van der Waals surface area contributed by atoms with Crippen LogP contribution in [0, 0.1) is 6.92 Å². The Balaban J connectivity index is 3.14. The lowest BCUT2D eigenvalue weighted by Crippen LogP contribution is -1.93. The molecule has 0 saturated carbocycles. The smallest absolute Gasteiger partial charge is 0.264 e. The van der Waals surface area contributed by atoms with Gasteiger partial charge in [-0.3, -0.25) is 0 Å². The molecule has 0 saturated heterocycles. The normalized spacial score (nSPS) is 10.4. The van der Waals surface area contributed by atoms with Crippen LogP contribution >= 0.6 is 0 Å². The second-order valence-electron chi connectivity index (χ2n) is 2.48. The molecule has 0 amide bonds. The van der Waals surface area contributed by atoms with Gasteiger partial charge in [0.15, 0.2) is 0 Å². The molecule has 66 valence electrons. The van der Waals surface area contributed by atoms with Crippen molar-refractivity contribution in [3.8, 4) is 5.75 Å². The Labute approximate surface area is 70.0 Å². The summed E-state index contributed by atoms with van der Waals surface area (Å²) < 4.78 is 29.5. The molecule has 12 heavy (non-hydrogen) atoms. The van der Waals surface area contributed by atoms with Crippen LogP contribution in [0.1, 0.15) is 17.6 Å². The Hall–Kier alpha value is -1.12. The zero-order valence-corrected chi connectivity index (χ0v) is 6.97. The Bertz CT molecular complexity index is 271. The van der Waals surface area contributed by atoms with Crippen molar-refractivity contribution >= 4 is 0 Å². The van der Waals surface area contributed by atoms with Gasteiger partial charge < -0.3 is 4.74 Å². The molecule has 0 unspecified atom stereocenters. The molecular weight excluding hydrogens is 162 g/mol. The largest absolute Gasteiger partial charge is 0.496 e. The molecule has 0 N–H and O–H groups in total. The zero-order valence-electron chi connectivity index (χ0n) is 6.97. The van der Waals surface area contributed by atoms with Crippen LogP contribution < -0.4 is 4.74 Å². The number of halogens is 2. The summed E-state index contributed by atoms with van der Waals surface area (Å²) >= 11 is 0. The number of benzene rings is 1. The van der Waals surface area contributed by atoms with E-state index in [1.54, 1.807) is 19.1 Å². The van der Waals surface area contributed by atoms with Gasteiger partial charge in [-0.2, -0.15) is 0 Å². The minimum absolute atomic E-state index is 0.0364. The molecule has 0 aliphatic heterocycles. The molecule has 1 aromatic rings. The molecule has 0 fully saturated rings. The van der Waals surface area contributed by atoms with Crippen molar-refractivity contribution in [3.05, 3.63) is 29.3 Å². The van der Waals surface area contributed by atoms with Crippen molar-refractivity contribution in [2.75, 3.05) is 7.11 Å². The van der Waals surface area contributed by atoms with Gasteiger partial charge in [-0.25, -0.2) is 8.78 Å². The van der Waals surface area contributed by atoms with E-state index in [4.69, 9.17) is 4.74 Å². The van der Waals surface area contributed by atoms with E-state index in [-0.39, 0.29) is 5.56 Å². The highest BCUT2D eigenvalue weighted by Crippen LogP contribution is 2.28. The number of hydrogen-bond acceptors (Lipinski definition) is 1. The minimum Gasteiger partial charge on any atom is -0.496 e. The molecule has 0 spiro atoms. The quantitative estimate of drug-likeness (QED) is 0.666. The second kappa shape index (κ2) is 3.52. The van der Waals surface area contributed by atoms with Crippen LogP contribution in [0.3, 0.4) is 0 Å². The highest BCUT2D eigenvalue weighted by molar-refractivity contribution is 5.39. The molecule has 0 aromatic heterocycles. The highest BCUT2D eigenvalue weighted by Gasteiger charge is 2.12. The molecule has 1 rings (SSSR count). The lowest BCUT2D eigenvalue weighted by atomic mass is 10.1. The lowest BCUT2D eigenvalue weighted by molar-refractivity contribution is 0.150. The van der Waals surface area contributed by atoms with Gasteiger partial charge in [0, 0.05) is 5.56 Å². The van der Waals surface area contributed by atoms with E-state index >= 15 is 0 Å². The summed E-state index contributed by atoms with van der Waals surface area (Å²) in [5.74, 6) is 0.507.